The monoisotopic (exact) mass is 702 g/mol. The van der Waals surface area contributed by atoms with E-state index in [9.17, 15) is 14.7 Å². The van der Waals surface area contributed by atoms with Gasteiger partial charge in [-0.25, -0.2) is 9.97 Å². The number of amides is 1. The van der Waals surface area contributed by atoms with Gasteiger partial charge in [-0.2, -0.15) is 0 Å². The standard InChI is InChI=1S/C19H19ClN2O2.C12H12O3.C7H9ClN2/c1-11-9-16(21-17(20)12(11)2)22-18(23)19(6-7-19)14-3-4-15-13(10-14)5-8-24-15;13-11(14)12(4-5-12)9-1-2-10-8(7-9)3-6-15-10;1-4-3-6(9)10-7(8)5(4)2/h3-4,9-10H,5-8H2,1-2H3,(H,21,22,23);1-2,7H,3-6H2,(H,13,14);3H,1-2H3,(H2,9,10). The molecule has 4 heterocycles. The predicted octanol–water partition coefficient (Wildman–Crippen LogP) is 7.63. The van der Waals surface area contributed by atoms with Gasteiger partial charge in [0.05, 0.1) is 24.0 Å². The molecule has 0 unspecified atom stereocenters. The Bertz CT molecular complexity index is 1910. The summed E-state index contributed by atoms with van der Waals surface area (Å²) in [7, 11) is 0. The average Bonchev–Trinajstić information content (AvgIpc) is 3.96. The summed E-state index contributed by atoms with van der Waals surface area (Å²) in [5.41, 5.74) is 12.8. The third-order valence-corrected chi connectivity index (χ3v) is 10.8. The van der Waals surface area contributed by atoms with Gasteiger partial charge in [0.2, 0.25) is 5.91 Å². The number of carboxylic acid groups (broad SMARTS) is 1. The largest absolute Gasteiger partial charge is 0.493 e. The van der Waals surface area contributed by atoms with E-state index in [4.69, 9.17) is 38.4 Å². The molecule has 256 valence electrons. The number of nitrogens with zero attached hydrogens (tertiary/aromatic N) is 2. The van der Waals surface area contributed by atoms with Crippen molar-refractivity contribution in [1.29, 1.82) is 0 Å². The summed E-state index contributed by atoms with van der Waals surface area (Å²) in [6, 6.07) is 15.6. The Balaban J connectivity index is 0.000000142. The molecule has 4 aromatic rings. The third-order valence-electron chi connectivity index (χ3n) is 10.0. The van der Waals surface area contributed by atoms with E-state index >= 15 is 0 Å². The summed E-state index contributed by atoms with van der Waals surface area (Å²) >= 11 is 11.9. The maximum absolute atomic E-state index is 12.9. The molecule has 11 heteroatoms. The summed E-state index contributed by atoms with van der Waals surface area (Å²) in [5.74, 6) is 2.16. The zero-order valence-corrected chi connectivity index (χ0v) is 29.6. The van der Waals surface area contributed by atoms with Crippen molar-refractivity contribution in [2.24, 2.45) is 0 Å². The smallest absolute Gasteiger partial charge is 0.314 e. The van der Waals surface area contributed by atoms with Gasteiger partial charge in [0.1, 0.15) is 33.4 Å². The number of pyridine rings is 2. The van der Waals surface area contributed by atoms with E-state index in [1.807, 2.05) is 64.1 Å². The number of aliphatic carboxylic acids is 1. The minimum atomic E-state index is -0.693. The predicted molar refractivity (Wildman–Crippen MR) is 191 cm³/mol. The molecule has 2 aliphatic carbocycles. The number of carbonyl (C=O) groups excluding carboxylic acids is 1. The van der Waals surface area contributed by atoms with Gasteiger partial charge in [-0.1, -0.05) is 47.5 Å². The number of anilines is 2. The fourth-order valence-electron chi connectivity index (χ4n) is 6.21. The zero-order valence-electron chi connectivity index (χ0n) is 28.1. The first-order valence-electron chi connectivity index (χ1n) is 16.4. The Morgan fingerprint density at radius 2 is 1.24 bits per heavy atom. The molecule has 0 saturated heterocycles. The number of aromatic nitrogens is 2. The SMILES string of the molecule is Cc1cc(N)nc(Cl)c1C.Cc1cc(NC(=O)C2(c3ccc4c(c3)CCO4)CC2)nc(Cl)c1C.O=C(O)C1(c2ccc3c(c2)CCO3)CC1. The lowest BCUT2D eigenvalue weighted by Gasteiger charge is -2.17. The minimum absolute atomic E-state index is 0.00631. The molecule has 4 aliphatic rings. The van der Waals surface area contributed by atoms with E-state index in [2.05, 4.69) is 21.4 Å². The van der Waals surface area contributed by atoms with Crippen LogP contribution in [0.15, 0.2) is 48.5 Å². The first-order chi connectivity index (χ1) is 23.3. The highest BCUT2D eigenvalue weighted by Gasteiger charge is 2.52. The van der Waals surface area contributed by atoms with E-state index in [1.165, 1.54) is 5.56 Å². The molecule has 2 aromatic carbocycles. The number of halogens is 2. The molecule has 0 spiro atoms. The molecule has 4 N–H and O–H groups in total. The quantitative estimate of drug-likeness (QED) is 0.181. The lowest BCUT2D eigenvalue weighted by molar-refractivity contribution is -0.140. The summed E-state index contributed by atoms with van der Waals surface area (Å²) in [4.78, 5) is 32.2. The third kappa shape index (κ3) is 7.05. The van der Waals surface area contributed by atoms with Gasteiger partial charge in [0.15, 0.2) is 0 Å². The topological polar surface area (TPSA) is 137 Å². The van der Waals surface area contributed by atoms with E-state index in [0.29, 0.717) is 21.9 Å². The molecule has 2 fully saturated rings. The highest BCUT2D eigenvalue weighted by Crippen LogP contribution is 2.51. The number of fused-ring (bicyclic) bond motifs is 2. The number of aryl methyl sites for hydroxylation is 2. The fraction of sp³-hybridized carbons (Fsp3) is 0.368. The van der Waals surface area contributed by atoms with Gasteiger partial charge in [0, 0.05) is 12.8 Å². The van der Waals surface area contributed by atoms with E-state index < -0.39 is 16.8 Å². The Hall–Kier alpha value is -4.34. The number of nitrogens with two attached hydrogens (primary N) is 1. The van der Waals surface area contributed by atoms with Crippen LogP contribution in [0.2, 0.25) is 10.3 Å². The fourth-order valence-corrected chi connectivity index (χ4v) is 6.70. The number of carbonyl (C=O) groups is 2. The molecule has 0 atom stereocenters. The van der Waals surface area contributed by atoms with Crippen molar-refractivity contribution in [3.05, 3.63) is 103 Å². The van der Waals surface area contributed by atoms with Gasteiger partial charge < -0.3 is 25.6 Å². The molecule has 1 amide bonds. The number of nitrogens with one attached hydrogen (secondary N) is 1. The van der Waals surface area contributed by atoms with Crippen molar-refractivity contribution in [2.45, 2.75) is 77.0 Å². The molecule has 0 radical (unpaired) electrons. The van der Waals surface area contributed by atoms with Crippen LogP contribution in [-0.4, -0.2) is 40.2 Å². The van der Waals surface area contributed by atoms with Crippen LogP contribution >= 0.6 is 23.2 Å². The number of nitrogen functional groups attached to an aromatic ring is 1. The van der Waals surface area contributed by atoms with Crippen molar-refractivity contribution in [2.75, 3.05) is 24.3 Å². The maximum Gasteiger partial charge on any atom is 0.314 e. The van der Waals surface area contributed by atoms with Crippen LogP contribution in [0.1, 0.15) is 70.2 Å². The highest BCUT2D eigenvalue weighted by atomic mass is 35.5. The lowest BCUT2D eigenvalue weighted by Crippen LogP contribution is -2.28. The number of hydrogen-bond donors (Lipinski definition) is 3. The second kappa shape index (κ2) is 13.5. The molecule has 2 saturated carbocycles. The molecule has 2 aliphatic heterocycles. The van der Waals surface area contributed by atoms with Gasteiger partial charge >= 0.3 is 5.97 Å². The molecule has 8 rings (SSSR count). The summed E-state index contributed by atoms with van der Waals surface area (Å²) in [5, 5.41) is 13.1. The van der Waals surface area contributed by atoms with Gasteiger partial charge in [-0.05, 0) is 122 Å². The van der Waals surface area contributed by atoms with E-state index in [1.54, 1.807) is 6.07 Å². The molecule has 2 aromatic heterocycles. The van der Waals surface area contributed by atoms with Gasteiger partial charge in [-0.3, -0.25) is 9.59 Å². The summed E-state index contributed by atoms with van der Waals surface area (Å²) in [6.07, 6.45) is 5.06. The van der Waals surface area contributed by atoms with Crippen molar-refractivity contribution in [1.82, 2.24) is 9.97 Å². The number of hydrogen-bond acceptors (Lipinski definition) is 7. The molecule has 49 heavy (non-hydrogen) atoms. The Morgan fingerprint density at radius 1 is 0.755 bits per heavy atom. The first kappa shape index (κ1) is 34.5. The van der Waals surface area contributed by atoms with Crippen LogP contribution in [0.3, 0.4) is 0 Å². The second-order valence-corrected chi connectivity index (χ2v) is 14.0. The Kier molecular flexibility index (Phi) is 9.52. The first-order valence-corrected chi connectivity index (χ1v) is 17.2. The van der Waals surface area contributed by atoms with Crippen LogP contribution < -0.4 is 20.5 Å². The van der Waals surface area contributed by atoms with E-state index in [0.717, 1.165) is 102 Å². The van der Waals surface area contributed by atoms with Crippen LogP contribution in [0.25, 0.3) is 0 Å². The molecular weight excluding hydrogens is 663 g/mol. The average molecular weight is 704 g/mol. The van der Waals surface area contributed by atoms with Crippen molar-refractivity contribution >= 4 is 46.7 Å². The Morgan fingerprint density at radius 3 is 1.71 bits per heavy atom. The normalized spacial score (nSPS) is 16.7. The molecular formula is C38H40Cl2N4O5. The van der Waals surface area contributed by atoms with Crippen LogP contribution in [0.5, 0.6) is 11.5 Å². The summed E-state index contributed by atoms with van der Waals surface area (Å²) in [6.45, 7) is 9.21. The van der Waals surface area contributed by atoms with Crippen LogP contribution in [0, 0.1) is 27.7 Å². The minimum Gasteiger partial charge on any atom is -0.493 e. The Labute approximate surface area is 296 Å². The zero-order chi connectivity index (χ0) is 35.1. The number of benzene rings is 2. The highest BCUT2D eigenvalue weighted by molar-refractivity contribution is 6.30. The second-order valence-electron chi connectivity index (χ2n) is 13.3. The van der Waals surface area contributed by atoms with E-state index in [-0.39, 0.29) is 5.91 Å². The summed E-state index contributed by atoms with van der Waals surface area (Å²) < 4.78 is 11.0. The molecule has 9 nitrogen and oxygen atoms in total. The lowest BCUT2D eigenvalue weighted by atomic mass is 9.92. The van der Waals surface area contributed by atoms with Crippen molar-refractivity contribution in [3.63, 3.8) is 0 Å². The number of carboxylic acids is 1. The number of ether oxygens (including phenoxy) is 2. The number of rotatable bonds is 5. The van der Waals surface area contributed by atoms with Gasteiger partial charge in [0.25, 0.3) is 0 Å². The van der Waals surface area contributed by atoms with Crippen LogP contribution in [-0.2, 0) is 33.3 Å². The molecule has 0 bridgehead atoms. The van der Waals surface area contributed by atoms with Crippen LogP contribution in [0.4, 0.5) is 11.6 Å². The van der Waals surface area contributed by atoms with Crippen molar-refractivity contribution in [3.8, 4) is 11.5 Å². The van der Waals surface area contributed by atoms with Crippen molar-refractivity contribution < 1.29 is 24.2 Å². The van der Waals surface area contributed by atoms with Gasteiger partial charge in [-0.15, -0.1) is 0 Å². The maximum atomic E-state index is 12.9.